The first-order valence-electron chi connectivity index (χ1n) is 5.85. The lowest BCUT2D eigenvalue weighted by Gasteiger charge is -2.36. The zero-order valence-electron chi connectivity index (χ0n) is 10.0. The summed E-state index contributed by atoms with van der Waals surface area (Å²) in [5.74, 6) is 0.0897. The quantitative estimate of drug-likeness (QED) is 0.763. The number of anilines is 1. The van der Waals surface area contributed by atoms with Gasteiger partial charge in [0.05, 0.1) is 0 Å². The second kappa shape index (κ2) is 4.74. The standard InChI is InChI=1S/C13H19N2O/c1-14(2)11-7-9-15(10-8-11)12-3-5-13(16)6-4-12/h3-6,11H,7-10H2,1-2H3. The topological polar surface area (TPSA) is 26.4 Å². The van der Waals surface area contributed by atoms with Gasteiger partial charge in [-0.2, -0.15) is 0 Å². The fraction of sp³-hybridized carbons (Fsp3) is 0.538. The van der Waals surface area contributed by atoms with Crippen LogP contribution in [0.2, 0.25) is 0 Å². The van der Waals surface area contributed by atoms with E-state index in [9.17, 15) is 5.11 Å². The molecule has 1 aromatic rings. The zero-order valence-corrected chi connectivity index (χ0v) is 10.0. The fourth-order valence-electron chi connectivity index (χ4n) is 2.30. The average Bonchev–Trinajstić information content (AvgIpc) is 2.30. The number of hydrogen-bond acceptors (Lipinski definition) is 2. The number of hydrogen-bond donors (Lipinski definition) is 0. The SMILES string of the molecule is CN(C)C1CCN(c2ccc([O])cc2)CC1. The van der Waals surface area contributed by atoms with E-state index in [2.05, 4.69) is 23.9 Å². The van der Waals surface area contributed by atoms with Crippen molar-refractivity contribution in [3.63, 3.8) is 0 Å². The van der Waals surface area contributed by atoms with Crippen LogP contribution in [0.5, 0.6) is 5.75 Å². The van der Waals surface area contributed by atoms with Crippen LogP contribution in [0.4, 0.5) is 5.69 Å². The highest BCUT2D eigenvalue weighted by Gasteiger charge is 2.20. The Kier molecular flexibility index (Phi) is 3.34. The van der Waals surface area contributed by atoms with Crippen LogP contribution in [0, 0.1) is 0 Å². The Morgan fingerprint density at radius 1 is 1.12 bits per heavy atom. The van der Waals surface area contributed by atoms with Crippen molar-refractivity contribution in [1.82, 2.24) is 4.90 Å². The second-order valence-corrected chi connectivity index (χ2v) is 4.68. The van der Waals surface area contributed by atoms with Crippen molar-refractivity contribution in [1.29, 1.82) is 0 Å². The van der Waals surface area contributed by atoms with E-state index in [-0.39, 0.29) is 5.75 Å². The smallest absolute Gasteiger partial charge is 0.178 e. The van der Waals surface area contributed by atoms with E-state index in [1.54, 1.807) is 12.1 Å². The monoisotopic (exact) mass is 219 g/mol. The zero-order chi connectivity index (χ0) is 11.5. The fourth-order valence-corrected chi connectivity index (χ4v) is 2.30. The highest BCUT2D eigenvalue weighted by molar-refractivity contribution is 5.49. The summed E-state index contributed by atoms with van der Waals surface area (Å²) in [6.07, 6.45) is 2.40. The normalized spacial score (nSPS) is 18.1. The van der Waals surface area contributed by atoms with Crippen LogP contribution in [0.25, 0.3) is 0 Å². The molecule has 0 spiro atoms. The van der Waals surface area contributed by atoms with Gasteiger partial charge >= 0.3 is 0 Å². The minimum absolute atomic E-state index is 0.0897. The van der Waals surface area contributed by atoms with Crippen molar-refractivity contribution in [2.75, 3.05) is 32.1 Å². The van der Waals surface area contributed by atoms with Crippen LogP contribution in [-0.2, 0) is 5.11 Å². The Hall–Kier alpha value is -1.22. The first-order valence-corrected chi connectivity index (χ1v) is 5.85. The first kappa shape index (κ1) is 11.3. The Labute approximate surface area is 97.3 Å². The van der Waals surface area contributed by atoms with Gasteiger partial charge in [-0.15, -0.1) is 0 Å². The van der Waals surface area contributed by atoms with Crippen LogP contribution < -0.4 is 4.90 Å². The van der Waals surface area contributed by atoms with Gasteiger partial charge < -0.3 is 9.80 Å². The third-order valence-corrected chi connectivity index (χ3v) is 3.40. The Morgan fingerprint density at radius 3 is 2.19 bits per heavy atom. The van der Waals surface area contributed by atoms with Crippen molar-refractivity contribution in [2.45, 2.75) is 18.9 Å². The molecule has 0 unspecified atom stereocenters. The largest absolute Gasteiger partial charge is 0.371 e. The van der Waals surface area contributed by atoms with Gasteiger partial charge in [-0.1, -0.05) is 0 Å². The summed E-state index contributed by atoms with van der Waals surface area (Å²) in [6.45, 7) is 2.17. The van der Waals surface area contributed by atoms with Crippen molar-refractivity contribution < 1.29 is 5.11 Å². The van der Waals surface area contributed by atoms with Gasteiger partial charge in [-0.25, -0.2) is 0 Å². The molecule has 0 N–H and O–H groups in total. The lowest BCUT2D eigenvalue weighted by atomic mass is 10.0. The van der Waals surface area contributed by atoms with Gasteiger partial charge in [0.1, 0.15) is 0 Å². The van der Waals surface area contributed by atoms with E-state index in [0.717, 1.165) is 13.1 Å². The van der Waals surface area contributed by atoms with Gasteiger partial charge in [0.15, 0.2) is 5.75 Å². The van der Waals surface area contributed by atoms with Gasteiger partial charge in [-0.05, 0) is 51.2 Å². The molecule has 1 heterocycles. The Bertz CT molecular complexity index is 326. The molecule has 0 saturated carbocycles. The minimum atomic E-state index is 0.0897. The highest BCUT2D eigenvalue weighted by atomic mass is 16.3. The van der Waals surface area contributed by atoms with Crippen LogP contribution in [0.1, 0.15) is 12.8 Å². The molecule has 1 fully saturated rings. The number of piperidine rings is 1. The van der Waals surface area contributed by atoms with Crippen LogP contribution in [0.3, 0.4) is 0 Å². The third-order valence-electron chi connectivity index (χ3n) is 3.40. The Morgan fingerprint density at radius 2 is 1.69 bits per heavy atom. The van der Waals surface area contributed by atoms with Crippen molar-refractivity contribution in [2.24, 2.45) is 0 Å². The molecule has 1 aliphatic heterocycles. The van der Waals surface area contributed by atoms with Crippen LogP contribution in [0.15, 0.2) is 24.3 Å². The molecule has 0 aliphatic carbocycles. The Balaban J connectivity index is 1.96. The van der Waals surface area contributed by atoms with E-state index in [4.69, 9.17) is 0 Å². The van der Waals surface area contributed by atoms with E-state index >= 15 is 0 Å². The van der Waals surface area contributed by atoms with Crippen LogP contribution in [-0.4, -0.2) is 38.1 Å². The molecule has 87 valence electrons. The average molecular weight is 219 g/mol. The van der Waals surface area contributed by atoms with Gasteiger partial charge in [0, 0.05) is 24.8 Å². The molecule has 2 rings (SSSR count). The summed E-state index contributed by atoms with van der Waals surface area (Å²) in [5.41, 5.74) is 1.18. The van der Waals surface area contributed by atoms with Gasteiger partial charge in [0.25, 0.3) is 0 Å². The van der Waals surface area contributed by atoms with E-state index in [0.29, 0.717) is 6.04 Å². The number of benzene rings is 1. The van der Waals surface area contributed by atoms with E-state index in [1.807, 2.05) is 12.1 Å². The molecule has 0 atom stereocenters. The summed E-state index contributed by atoms with van der Waals surface area (Å²) in [6, 6.07) is 7.85. The molecule has 3 heteroatoms. The molecule has 1 aromatic carbocycles. The predicted molar refractivity (Wildman–Crippen MR) is 65.5 cm³/mol. The van der Waals surface area contributed by atoms with Gasteiger partial charge in [0.2, 0.25) is 0 Å². The molecule has 0 aromatic heterocycles. The predicted octanol–water partition coefficient (Wildman–Crippen LogP) is 2.36. The van der Waals surface area contributed by atoms with E-state index < -0.39 is 0 Å². The molecule has 16 heavy (non-hydrogen) atoms. The molecule has 1 radical (unpaired) electrons. The molecule has 0 bridgehead atoms. The maximum atomic E-state index is 11.0. The molecular weight excluding hydrogens is 200 g/mol. The third kappa shape index (κ3) is 2.47. The van der Waals surface area contributed by atoms with Gasteiger partial charge in [-0.3, -0.25) is 5.11 Å². The number of nitrogens with zero attached hydrogens (tertiary/aromatic N) is 2. The summed E-state index contributed by atoms with van der Waals surface area (Å²) in [4.78, 5) is 4.66. The minimum Gasteiger partial charge on any atom is -0.371 e. The van der Waals surface area contributed by atoms with Crippen molar-refractivity contribution in [3.05, 3.63) is 24.3 Å². The second-order valence-electron chi connectivity index (χ2n) is 4.68. The molecule has 1 saturated heterocycles. The first-order chi connectivity index (χ1) is 7.66. The molecule has 0 amide bonds. The molecular formula is C13H19N2O. The maximum Gasteiger partial charge on any atom is 0.178 e. The molecule has 3 nitrogen and oxygen atoms in total. The lowest BCUT2D eigenvalue weighted by molar-refractivity contribution is 0.249. The number of rotatable bonds is 2. The van der Waals surface area contributed by atoms with E-state index in [1.165, 1.54) is 18.5 Å². The van der Waals surface area contributed by atoms with Crippen LogP contribution >= 0.6 is 0 Å². The summed E-state index contributed by atoms with van der Waals surface area (Å²) >= 11 is 0. The highest BCUT2D eigenvalue weighted by Crippen LogP contribution is 2.23. The lowest BCUT2D eigenvalue weighted by Crippen LogP contribution is -2.41. The maximum absolute atomic E-state index is 11.0. The van der Waals surface area contributed by atoms with Crippen molar-refractivity contribution >= 4 is 5.69 Å². The summed E-state index contributed by atoms with van der Waals surface area (Å²) in [7, 11) is 4.29. The summed E-state index contributed by atoms with van der Waals surface area (Å²) < 4.78 is 0. The molecule has 1 aliphatic rings. The summed E-state index contributed by atoms with van der Waals surface area (Å²) in [5, 5.41) is 11.0. The van der Waals surface area contributed by atoms with Crippen molar-refractivity contribution in [3.8, 4) is 5.75 Å².